The van der Waals surface area contributed by atoms with E-state index in [4.69, 9.17) is 5.73 Å². The van der Waals surface area contributed by atoms with Crippen LogP contribution in [-0.4, -0.2) is 17.4 Å². The SMILES string of the molecule is CSc1c(N)cccc1CC(=O)CBr. The summed E-state index contributed by atoms with van der Waals surface area (Å²) in [5.74, 6) is 0.172. The largest absolute Gasteiger partial charge is 0.398 e. The van der Waals surface area contributed by atoms with Gasteiger partial charge in [-0.25, -0.2) is 0 Å². The van der Waals surface area contributed by atoms with Gasteiger partial charge in [-0.3, -0.25) is 4.79 Å². The van der Waals surface area contributed by atoms with E-state index in [2.05, 4.69) is 15.9 Å². The minimum atomic E-state index is 0.172. The van der Waals surface area contributed by atoms with Gasteiger partial charge >= 0.3 is 0 Å². The van der Waals surface area contributed by atoms with Gasteiger partial charge in [-0.15, -0.1) is 11.8 Å². The quantitative estimate of drug-likeness (QED) is 0.521. The van der Waals surface area contributed by atoms with Crippen LogP contribution in [0.15, 0.2) is 23.1 Å². The zero-order valence-electron chi connectivity index (χ0n) is 7.92. The second-order valence-electron chi connectivity index (χ2n) is 2.89. The molecule has 0 aliphatic carbocycles. The molecule has 0 heterocycles. The Kier molecular flexibility index (Phi) is 4.48. The molecule has 0 fully saturated rings. The predicted octanol–water partition coefficient (Wildman–Crippen LogP) is 2.50. The molecular formula is C10H12BrNOS. The number of hydrogen-bond acceptors (Lipinski definition) is 3. The van der Waals surface area contributed by atoms with Crippen molar-refractivity contribution in [3.8, 4) is 0 Å². The number of nitrogens with two attached hydrogens (primary N) is 1. The molecule has 0 amide bonds. The van der Waals surface area contributed by atoms with Crippen LogP contribution >= 0.6 is 27.7 Å². The molecule has 0 radical (unpaired) electrons. The van der Waals surface area contributed by atoms with Crippen LogP contribution in [0.25, 0.3) is 0 Å². The minimum absolute atomic E-state index is 0.172. The molecule has 2 nitrogen and oxygen atoms in total. The second-order valence-corrected chi connectivity index (χ2v) is 4.27. The summed E-state index contributed by atoms with van der Waals surface area (Å²) in [5.41, 5.74) is 7.57. The summed E-state index contributed by atoms with van der Waals surface area (Å²) in [6.07, 6.45) is 2.42. The Morgan fingerprint density at radius 3 is 2.86 bits per heavy atom. The summed E-state index contributed by atoms with van der Waals surface area (Å²) >= 11 is 4.73. The van der Waals surface area contributed by atoms with Crippen molar-refractivity contribution in [3.63, 3.8) is 0 Å². The van der Waals surface area contributed by atoms with Crippen LogP contribution in [0.3, 0.4) is 0 Å². The van der Waals surface area contributed by atoms with Crippen molar-refractivity contribution < 1.29 is 4.79 Å². The molecule has 0 aromatic heterocycles. The first-order valence-electron chi connectivity index (χ1n) is 4.18. The van der Waals surface area contributed by atoms with Crippen molar-refractivity contribution in [2.45, 2.75) is 11.3 Å². The van der Waals surface area contributed by atoms with E-state index in [-0.39, 0.29) is 5.78 Å². The smallest absolute Gasteiger partial charge is 0.147 e. The lowest BCUT2D eigenvalue weighted by Crippen LogP contribution is -2.05. The van der Waals surface area contributed by atoms with Gasteiger partial charge in [0, 0.05) is 17.0 Å². The molecule has 0 spiro atoms. The molecule has 0 unspecified atom stereocenters. The fraction of sp³-hybridized carbons (Fsp3) is 0.300. The van der Waals surface area contributed by atoms with E-state index in [0.29, 0.717) is 11.8 Å². The van der Waals surface area contributed by atoms with Crippen LogP contribution in [0.5, 0.6) is 0 Å². The molecule has 0 aliphatic rings. The van der Waals surface area contributed by atoms with E-state index in [0.717, 1.165) is 16.1 Å². The highest BCUT2D eigenvalue weighted by atomic mass is 79.9. The number of benzene rings is 1. The standard InChI is InChI=1S/C10H12BrNOS/c1-14-10-7(5-8(13)6-11)3-2-4-9(10)12/h2-4H,5-6,12H2,1H3. The molecule has 0 saturated heterocycles. The molecule has 0 saturated carbocycles. The van der Waals surface area contributed by atoms with Crippen molar-refractivity contribution >= 4 is 39.2 Å². The van der Waals surface area contributed by atoms with Gasteiger partial charge in [0.1, 0.15) is 5.78 Å². The number of alkyl halides is 1. The number of carbonyl (C=O) groups excluding carboxylic acids is 1. The van der Waals surface area contributed by atoms with E-state index < -0.39 is 0 Å². The topological polar surface area (TPSA) is 43.1 Å². The maximum Gasteiger partial charge on any atom is 0.147 e. The Bertz CT molecular complexity index is 341. The number of thioether (sulfide) groups is 1. The minimum Gasteiger partial charge on any atom is -0.398 e. The van der Waals surface area contributed by atoms with Gasteiger partial charge in [-0.1, -0.05) is 28.1 Å². The Morgan fingerprint density at radius 2 is 2.29 bits per heavy atom. The molecule has 0 atom stereocenters. The average Bonchev–Trinajstić information content (AvgIpc) is 2.18. The summed E-state index contributed by atoms with van der Waals surface area (Å²) in [6.45, 7) is 0. The summed E-state index contributed by atoms with van der Waals surface area (Å²) in [5, 5.41) is 0.398. The number of hydrogen-bond donors (Lipinski definition) is 1. The normalized spacial score (nSPS) is 10.1. The van der Waals surface area contributed by atoms with Crippen LogP contribution < -0.4 is 5.73 Å². The third-order valence-corrected chi connectivity index (χ3v) is 3.40. The first-order valence-corrected chi connectivity index (χ1v) is 6.52. The molecule has 4 heteroatoms. The maximum absolute atomic E-state index is 11.3. The van der Waals surface area contributed by atoms with E-state index in [1.54, 1.807) is 11.8 Å². The van der Waals surface area contributed by atoms with Crippen molar-refractivity contribution in [1.82, 2.24) is 0 Å². The van der Waals surface area contributed by atoms with Crippen LogP contribution in [0.4, 0.5) is 5.69 Å². The molecule has 1 aromatic carbocycles. The fourth-order valence-corrected chi connectivity index (χ4v) is 2.16. The van der Waals surface area contributed by atoms with Gasteiger partial charge in [0.25, 0.3) is 0 Å². The van der Waals surface area contributed by atoms with E-state index in [1.807, 2.05) is 24.5 Å². The summed E-state index contributed by atoms with van der Waals surface area (Å²) < 4.78 is 0. The highest BCUT2D eigenvalue weighted by Crippen LogP contribution is 2.27. The van der Waals surface area contributed by atoms with Crippen molar-refractivity contribution in [2.24, 2.45) is 0 Å². The van der Waals surface area contributed by atoms with Crippen LogP contribution in [-0.2, 0) is 11.2 Å². The average molecular weight is 274 g/mol. The zero-order chi connectivity index (χ0) is 10.6. The highest BCUT2D eigenvalue weighted by molar-refractivity contribution is 9.09. The first kappa shape index (κ1) is 11.6. The molecular weight excluding hydrogens is 262 g/mol. The molecule has 14 heavy (non-hydrogen) atoms. The van der Waals surface area contributed by atoms with Gasteiger partial charge in [0.05, 0.1) is 5.33 Å². The van der Waals surface area contributed by atoms with E-state index in [9.17, 15) is 4.79 Å². The van der Waals surface area contributed by atoms with Crippen LogP contribution in [0.2, 0.25) is 0 Å². The fourth-order valence-electron chi connectivity index (χ4n) is 1.25. The molecule has 2 N–H and O–H groups in total. The number of halogens is 1. The molecule has 0 bridgehead atoms. The first-order chi connectivity index (χ1) is 6.69. The molecule has 1 aromatic rings. The lowest BCUT2D eigenvalue weighted by Gasteiger charge is -2.08. The van der Waals surface area contributed by atoms with Gasteiger partial charge in [0.2, 0.25) is 0 Å². The monoisotopic (exact) mass is 273 g/mol. The summed E-state index contributed by atoms with van der Waals surface area (Å²) in [4.78, 5) is 12.3. The van der Waals surface area contributed by atoms with Gasteiger partial charge in [-0.05, 0) is 17.9 Å². The van der Waals surface area contributed by atoms with Crippen LogP contribution in [0.1, 0.15) is 5.56 Å². The zero-order valence-corrected chi connectivity index (χ0v) is 10.3. The Morgan fingerprint density at radius 1 is 1.57 bits per heavy atom. The third kappa shape index (κ3) is 2.75. The summed E-state index contributed by atoms with van der Waals surface area (Å²) in [6, 6.07) is 5.68. The van der Waals surface area contributed by atoms with Crippen molar-refractivity contribution in [1.29, 1.82) is 0 Å². The summed E-state index contributed by atoms with van der Waals surface area (Å²) in [7, 11) is 0. The number of carbonyl (C=O) groups is 1. The van der Waals surface area contributed by atoms with Gasteiger partial charge in [-0.2, -0.15) is 0 Å². The van der Waals surface area contributed by atoms with Crippen LogP contribution in [0, 0.1) is 0 Å². The molecule has 1 rings (SSSR count). The number of nitrogen functional groups attached to an aromatic ring is 1. The third-order valence-electron chi connectivity index (χ3n) is 1.87. The van der Waals surface area contributed by atoms with Gasteiger partial charge < -0.3 is 5.73 Å². The van der Waals surface area contributed by atoms with Crippen molar-refractivity contribution in [2.75, 3.05) is 17.3 Å². The number of rotatable bonds is 4. The number of Topliss-reactive ketones (excluding diaryl/α,β-unsaturated/α-hetero) is 1. The van der Waals surface area contributed by atoms with E-state index in [1.165, 1.54) is 0 Å². The predicted molar refractivity (Wildman–Crippen MR) is 65.1 cm³/mol. The van der Waals surface area contributed by atoms with Gasteiger partial charge in [0.15, 0.2) is 0 Å². The number of anilines is 1. The Hall–Kier alpha value is -0.480. The second kappa shape index (κ2) is 5.41. The van der Waals surface area contributed by atoms with Crippen molar-refractivity contribution in [3.05, 3.63) is 23.8 Å². The lowest BCUT2D eigenvalue weighted by molar-refractivity contribution is -0.115. The Labute approximate surface area is 96.4 Å². The van der Waals surface area contributed by atoms with E-state index >= 15 is 0 Å². The molecule has 76 valence electrons. The number of ketones is 1. The Balaban J connectivity index is 2.96. The maximum atomic E-state index is 11.3. The molecule has 0 aliphatic heterocycles. The lowest BCUT2D eigenvalue weighted by atomic mass is 10.1. The highest BCUT2D eigenvalue weighted by Gasteiger charge is 2.08.